The van der Waals surface area contributed by atoms with Crippen LogP contribution in [0.5, 0.6) is 0 Å². The summed E-state index contributed by atoms with van der Waals surface area (Å²) in [7, 11) is 0. The second-order valence-electron chi connectivity index (χ2n) is 5.73. The summed E-state index contributed by atoms with van der Waals surface area (Å²) < 4.78 is 0. The molecule has 1 saturated carbocycles. The highest BCUT2D eigenvalue weighted by Gasteiger charge is 2.50. The molecular formula is C16H20ClNO3. The summed E-state index contributed by atoms with van der Waals surface area (Å²) in [6.07, 6.45) is 2.96. The van der Waals surface area contributed by atoms with Crippen molar-refractivity contribution in [3.8, 4) is 0 Å². The van der Waals surface area contributed by atoms with Crippen molar-refractivity contribution < 1.29 is 14.7 Å². The normalized spacial score (nSPS) is 17.0. The first-order valence-corrected chi connectivity index (χ1v) is 7.61. The first-order valence-electron chi connectivity index (χ1n) is 7.23. The highest BCUT2D eigenvalue weighted by molar-refractivity contribution is 6.30. The monoisotopic (exact) mass is 309 g/mol. The zero-order chi connectivity index (χ0) is 15.5. The fourth-order valence-electron chi connectivity index (χ4n) is 2.44. The number of rotatable bonds is 7. The maximum absolute atomic E-state index is 12.3. The number of carbonyl (C=O) groups is 2. The molecule has 5 heteroatoms. The zero-order valence-electron chi connectivity index (χ0n) is 12.1. The van der Waals surface area contributed by atoms with Crippen molar-refractivity contribution in [2.75, 3.05) is 6.54 Å². The number of carbonyl (C=O) groups excluding carboxylic acids is 1. The summed E-state index contributed by atoms with van der Waals surface area (Å²) >= 11 is 5.87. The highest BCUT2D eigenvalue weighted by atomic mass is 35.5. The molecule has 0 heterocycles. The number of hydrogen-bond acceptors (Lipinski definition) is 2. The molecule has 0 bridgehead atoms. The topological polar surface area (TPSA) is 66.4 Å². The van der Waals surface area contributed by atoms with Gasteiger partial charge in [0.15, 0.2) is 0 Å². The molecular weight excluding hydrogens is 290 g/mol. The van der Waals surface area contributed by atoms with Crippen molar-refractivity contribution in [3.05, 3.63) is 34.9 Å². The Morgan fingerprint density at radius 2 is 1.95 bits per heavy atom. The molecule has 114 valence electrons. The number of halogens is 1. The molecule has 1 fully saturated rings. The highest BCUT2D eigenvalue weighted by Crippen LogP contribution is 2.48. The Hall–Kier alpha value is -1.55. The van der Waals surface area contributed by atoms with Crippen LogP contribution in [-0.2, 0) is 15.0 Å². The van der Waals surface area contributed by atoms with Crippen molar-refractivity contribution in [1.82, 2.24) is 5.32 Å². The lowest BCUT2D eigenvalue weighted by molar-refractivity contribution is -0.141. The van der Waals surface area contributed by atoms with Crippen LogP contribution in [0.4, 0.5) is 0 Å². The third-order valence-electron chi connectivity index (χ3n) is 4.10. The quantitative estimate of drug-likeness (QED) is 0.761. The van der Waals surface area contributed by atoms with E-state index in [0.29, 0.717) is 24.4 Å². The van der Waals surface area contributed by atoms with Gasteiger partial charge in [-0.05, 0) is 43.4 Å². The molecule has 21 heavy (non-hydrogen) atoms. The van der Waals surface area contributed by atoms with Gasteiger partial charge in [0.25, 0.3) is 0 Å². The van der Waals surface area contributed by atoms with Crippen LogP contribution in [0.25, 0.3) is 0 Å². The van der Waals surface area contributed by atoms with Crippen LogP contribution in [0.15, 0.2) is 24.3 Å². The maximum Gasteiger partial charge on any atom is 0.306 e. The molecule has 0 radical (unpaired) electrons. The Kier molecular flexibility index (Phi) is 4.88. The first kappa shape index (κ1) is 15.8. The van der Waals surface area contributed by atoms with Gasteiger partial charge >= 0.3 is 5.97 Å². The van der Waals surface area contributed by atoms with Gasteiger partial charge in [0, 0.05) is 11.6 Å². The number of benzene rings is 1. The van der Waals surface area contributed by atoms with Gasteiger partial charge in [-0.25, -0.2) is 0 Å². The standard InChI is InChI=1S/C16H20ClNO3/c1-11(14(19)20)3-2-10-18-15(21)16(8-9-16)12-4-6-13(17)7-5-12/h4-7,11H,2-3,8-10H2,1H3,(H,18,21)(H,19,20). The fourth-order valence-corrected chi connectivity index (χ4v) is 2.57. The maximum atomic E-state index is 12.3. The van der Waals surface area contributed by atoms with Gasteiger partial charge in [0.05, 0.1) is 11.3 Å². The molecule has 1 atom stereocenters. The molecule has 0 spiro atoms. The molecule has 2 N–H and O–H groups in total. The van der Waals surface area contributed by atoms with E-state index in [1.54, 1.807) is 19.1 Å². The van der Waals surface area contributed by atoms with Crippen molar-refractivity contribution in [2.24, 2.45) is 5.92 Å². The van der Waals surface area contributed by atoms with Crippen molar-refractivity contribution in [2.45, 2.75) is 38.0 Å². The summed E-state index contributed by atoms with van der Waals surface area (Å²) in [4.78, 5) is 23.0. The number of amides is 1. The fraction of sp³-hybridized carbons (Fsp3) is 0.500. The molecule has 0 aliphatic heterocycles. The van der Waals surface area contributed by atoms with Gasteiger partial charge < -0.3 is 10.4 Å². The van der Waals surface area contributed by atoms with E-state index in [9.17, 15) is 9.59 Å². The summed E-state index contributed by atoms with van der Waals surface area (Å²) in [6, 6.07) is 7.42. The molecule has 1 amide bonds. The summed E-state index contributed by atoms with van der Waals surface area (Å²) in [5, 5.41) is 12.4. The smallest absolute Gasteiger partial charge is 0.306 e. The lowest BCUT2D eigenvalue weighted by Crippen LogP contribution is -2.35. The predicted octanol–water partition coefficient (Wildman–Crippen LogP) is 2.99. The summed E-state index contributed by atoms with van der Waals surface area (Å²) in [5.74, 6) is -1.12. The average Bonchev–Trinajstić information content (AvgIpc) is 3.25. The lowest BCUT2D eigenvalue weighted by Gasteiger charge is -2.16. The molecule has 2 rings (SSSR count). The Bertz CT molecular complexity index is 523. The van der Waals surface area contributed by atoms with E-state index in [1.807, 2.05) is 12.1 Å². The minimum absolute atomic E-state index is 0.0350. The van der Waals surface area contributed by atoms with Crippen LogP contribution in [0, 0.1) is 5.92 Å². The summed E-state index contributed by atoms with van der Waals surface area (Å²) in [5.41, 5.74) is 0.603. The van der Waals surface area contributed by atoms with Gasteiger partial charge in [-0.1, -0.05) is 30.7 Å². The van der Waals surface area contributed by atoms with E-state index in [0.717, 1.165) is 18.4 Å². The third-order valence-corrected chi connectivity index (χ3v) is 4.35. The SMILES string of the molecule is CC(CCCNC(=O)C1(c2ccc(Cl)cc2)CC1)C(=O)O. The largest absolute Gasteiger partial charge is 0.481 e. The van der Waals surface area contributed by atoms with Crippen LogP contribution in [0.2, 0.25) is 5.02 Å². The number of hydrogen-bond donors (Lipinski definition) is 2. The van der Waals surface area contributed by atoms with Crippen LogP contribution >= 0.6 is 11.6 Å². The van der Waals surface area contributed by atoms with Crippen molar-refractivity contribution in [1.29, 1.82) is 0 Å². The van der Waals surface area contributed by atoms with E-state index < -0.39 is 11.4 Å². The zero-order valence-corrected chi connectivity index (χ0v) is 12.8. The Balaban J connectivity index is 1.83. The van der Waals surface area contributed by atoms with Crippen LogP contribution < -0.4 is 5.32 Å². The van der Waals surface area contributed by atoms with E-state index in [2.05, 4.69) is 5.32 Å². The van der Waals surface area contributed by atoms with Gasteiger partial charge in [0.1, 0.15) is 0 Å². The number of aliphatic carboxylic acids is 1. The molecule has 1 aromatic carbocycles. The van der Waals surface area contributed by atoms with E-state index in [4.69, 9.17) is 16.7 Å². The van der Waals surface area contributed by atoms with Gasteiger partial charge in [-0.15, -0.1) is 0 Å². The lowest BCUT2D eigenvalue weighted by atomic mass is 9.95. The van der Waals surface area contributed by atoms with Gasteiger partial charge in [-0.3, -0.25) is 9.59 Å². The second kappa shape index (κ2) is 6.48. The van der Waals surface area contributed by atoms with Crippen LogP contribution in [-0.4, -0.2) is 23.5 Å². The average molecular weight is 310 g/mol. The molecule has 4 nitrogen and oxygen atoms in total. The second-order valence-corrected chi connectivity index (χ2v) is 6.16. The molecule has 1 aliphatic rings. The molecule has 1 aliphatic carbocycles. The molecule has 1 aromatic rings. The van der Waals surface area contributed by atoms with E-state index in [-0.39, 0.29) is 11.8 Å². The number of nitrogens with one attached hydrogen (secondary N) is 1. The Morgan fingerprint density at radius 1 is 1.33 bits per heavy atom. The third kappa shape index (κ3) is 3.76. The van der Waals surface area contributed by atoms with Crippen molar-refractivity contribution >= 4 is 23.5 Å². The van der Waals surface area contributed by atoms with E-state index >= 15 is 0 Å². The molecule has 1 unspecified atom stereocenters. The minimum Gasteiger partial charge on any atom is -0.481 e. The van der Waals surface area contributed by atoms with Gasteiger partial charge in [-0.2, -0.15) is 0 Å². The Morgan fingerprint density at radius 3 is 2.48 bits per heavy atom. The van der Waals surface area contributed by atoms with Crippen molar-refractivity contribution in [3.63, 3.8) is 0 Å². The number of carboxylic acids is 1. The molecule has 0 saturated heterocycles. The Labute approximate surface area is 129 Å². The van der Waals surface area contributed by atoms with Crippen LogP contribution in [0.3, 0.4) is 0 Å². The first-order chi connectivity index (χ1) is 9.95. The molecule has 0 aromatic heterocycles. The van der Waals surface area contributed by atoms with E-state index in [1.165, 1.54) is 0 Å². The number of carboxylic acid groups (broad SMARTS) is 1. The van der Waals surface area contributed by atoms with Gasteiger partial charge in [0.2, 0.25) is 5.91 Å². The van der Waals surface area contributed by atoms with Crippen LogP contribution in [0.1, 0.15) is 38.2 Å². The minimum atomic E-state index is -0.791. The summed E-state index contributed by atoms with van der Waals surface area (Å²) in [6.45, 7) is 2.20. The predicted molar refractivity (Wildman–Crippen MR) is 81.4 cm³/mol.